The van der Waals surface area contributed by atoms with Gasteiger partial charge in [0, 0.05) is 50.5 Å². The zero-order valence-corrected chi connectivity index (χ0v) is 42.0. The van der Waals surface area contributed by atoms with E-state index in [-0.39, 0.29) is 74.2 Å². The number of hydrogen-bond donors (Lipinski definition) is 5. The van der Waals surface area contributed by atoms with Crippen molar-refractivity contribution < 1.29 is 29.1 Å². The number of thiazole rings is 1. The van der Waals surface area contributed by atoms with Gasteiger partial charge in [0.1, 0.15) is 23.9 Å². The maximum atomic E-state index is 14.0. The Bertz CT molecular complexity index is 2570. The SMILES string of the molecule is CC1=C(C)C2C(c3ccc(Cl)cc3)=N[C@@H](CC(=O)NCCCNC(=O)CCCC(=O)N[C@H](C(=O)N3C[C@H](O)C[C@H]3C(=O)NCc3ccc(-c4scnc4C)cc3)C(C)(C)C)c3nnc(C)n3C2S1. The van der Waals surface area contributed by atoms with Crippen LogP contribution < -0.4 is 21.3 Å². The predicted octanol–water partition coefficient (Wildman–Crippen LogP) is 6.36. The van der Waals surface area contributed by atoms with Gasteiger partial charge < -0.3 is 31.3 Å². The Balaban J connectivity index is 0.845. The van der Waals surface area contributed by atoms with Gasteiger partial charge in [-0.3, -0.25) is 33.5 Å². The number of hydrogen-bond acceptors (Lipinski definition) is 12. The number of likely N-dealkylation sites (tertiary alicyclic amines) is 1. The van der Waals surface area contributed by atoms with Crippen LogP contribution in [0.2, 0.25) is 5.02 Å². The molecule has 68 heavy (non-hydrogen) atoms. The van der Waals surface area contributed by atoms with Gasteiger partial charge in [-0.05, 0) is 79.7 Å². The summed E-state index contributed by atoms with van der Waals surface area (Å²) in [7, 11) is 0. The van der Waals surface area contributed by atoms with Gasteiger partial charge >= 0.3 is 0 Å². The molecule has 0 bridgehead atoms. The van der Waals surface area contributed by atoms with Gasteiger partial charge in [0.15, 0.2) is 5.82 Å². The van der Waals surface area contributed by atoms with E-state index >= 15 is 0 Å². The summed E-state index contributed by atoms with van der Waals surface area (Å²) in [6, 6.07) is 13.0. The van der Waals surface area contributed by atoms with Crippen molar-refractivity contribution >= 4 is 69.9 Å². The molecule has 0 saturated carbocycles. The number of aliphatic hydroxyl groups excluding tert-OH is 1. The molecule has 16 nitrogen and oxygen atoms in total. The number of carbonyl (C=O) groups excluding carboxylic acids is 5. The Morgan fingerprint density at radius 2 is 1.54 bits per heavy atom. The molecule has 362 valence electrons. The standard InChI is InChI=1S/C49H61ClN10O6S2/c1-27-29(3)68-48-41(27)42(32-16-18-34(50)19-17-32)55-36(45-58-57-30(4)60(45)48)23-40(64)52-21-9-20-51-38(62)10-8-11-39(63)56-44(49(5,6)7)47(66)59-25-35(61)22-37(59)46(65)53-24-31-12-14-33(15-13-31)43-28(2)54-26-67-43/h12-19,26,35-37,41,44,48,61H,8-11,20-25H2,1-7H3,(H,51,62)(H,52,64)(H,53,65)(H,56,63)/t35-,36+,37+,41?,44-,48?/m1/s1. The number of rotatable bonds is 17. The normalized spacial score (nSPS) is 20.5. The summed E-state index contributed by atoms with van der Waals surface area (Å²) in [6.07, 6.45) is 0.0857. The van der Waals surface area contributed by atoms with Crippen LogP contribution in [-0.2, 0) is 30.5 Å². The maximum Gasteiger partial charge on any atom is 0.246 e. The second-order valence-electron chi connectivity index (χ2n) is 18.8. The highest BCUT2D eigenvalue weighted by Gasteiger charge is 2.45. The number of amides is 5. The highest BCUT2D eigenvalue weighted by molar-refractivity contribution is 8.03. The number of aryl methyl sites for hydroxylation is 2. The fourth-order valence-corrected chi connectivity index (χ4v) is 11.3. The van der Waals surface area contributed by atoms with Gasteiger partial charge in [-0.25, -0.2) is 4.98 Å². The molecule has 2 aromatic carbocycles. The van der Waals surface area contributed by atoms with Gasteiger partial charge in [-0.2, -0.15) is 0 Å². The number of halogens is 1. The summed E-state index contributed by atoms with van der Waals surface area (Å²) >= 11 is 9.57. The second kappa shape index (κ2) is 21.9. The van der Waals surface area contributed by atoms with E-state index in [1.807, 2.05) is 83.1 Å². The van der Waals surface area contributed by atoms with Crippen LogP contribution in [0.3, 0.4) is 0 Å². The second-order valence-corrected chi connectivity index (χ2v) is 21.4. The minimum Gasteiger partial charge on any atom is -0.391 e. The first-order valence-corrected chi connectivity index (χ1v) is 25.2. The minimum atomic E-state index is -0.978. The third-order valence-electron chi connectivity index (χ3n) is 12.7. The monoisotopic (exact) mass is 984 g/mol. The van der Waals surface area contributed by atoms with E-state index in [2.05, 4.69) is 54.9 Å². The average molecular weight is 986 g/mol. The van der Waals surface area contributed by atoms with E-state index in [0.717, 1.165) is 38.8 Å². The number of β-amino-alcohol motifs (C(OH)–C–C–N with tert-alkyl or cyclic N) is 1. The molecule has 5 amide bonds. The summed E-state index contributed by atoms with van der Waals surface area (Å²) in [6.45, 7) is 14.5. The molecule has 4 aromatic rings. The van der Waals surface area contributed by atoms with Crippen molar-refractivity contribution in [3.05, 3.63) is 98.0 Å². The summed E-state index contributed by atoms with van der Waals surface area (Å²) < 4.78 is 2.12. The largest absolute Gasteiger partial charge is 0.391 e. The van der Waals surface area contributed by atoms with Crippen LogP contribution in [0.5, 0.6) is 0 Å². The number of thioether (sulfide) groups is 1. The molecule has 3 aliphatic rings. The molecule has 0 radical (unpaired) electrons. The molecule has 1 fully saturated rings. The number of aliphatic imine (C=N–C) groups is 1. The Morgan fingerprint density at radius 3 is 2.22 bits per heavy atom. The minimum absolute atomic E-state index is 0.00351. The van der Waals surface area contributed by atoms with E-state index in [9.17, 15) is 29.1 Å². The molecule has 0 spiro atoms. The number of nitrogens with zero attached hydrogens (tertiary/aromatic N) is 6. The first-order chi connectivity index (χ1) is 32.4. The molecule has 5 heterocycles. The molecular formula is C49H61ClN10O6S2. The van der Waals surface area contributed by atoms with Crippen molar-refractivity contribution in [1.82, 2.24) is 45.9 Å². The van der Waals surface area contributed by atoms with Gasteiger partial charge in [0.2, 0.25) is 29.5 Å². The maximum absolute atomic E-state index is 14.0. The van der Waals surface area contributed by atoms with Gasteiger partial charge in [0.05, 0.1) is 45.6 Å². The number of benzene rings is 2. The third-order valence-corrected chi connectivity index (χ3v) is 15.3. The number of fused-ring (bicyclic) bond motifs is 3. The number of nitrogens with one attached hydrogen (secondary N) is 4. The number of aliphatic hydroxyl groups is 1. The molecule has 0 aliphatic carbocycles. The predicted molar refractivity (Wildman–Crippen MR) is 265 cm³/mol. The Morgan fingerprint density at radius 1 is 0.868 bits per heavy atom. The quantitative estimate of drug-likeness (QED) is 0.0739. The number of aromatic nitrogens is 4. The van der Waals surface area contributed by atoms with Gasteiger partial charge in [0.25, 0.3) is 0 Å². The third kappa shape index (κ3) is 11.9. The van der Waals surface area contributed by atoms with E-state index in [4.69, 9.17) is 16.6 Å². The Labute approximate surface area is 410 Å². The summed E-state index contributed by atoms with van der Waals surface area (Å²) in [5, 5.41) is 31.7. The molecular weight excluding hydrogens is 924 g/mol. The Hall–Kier alpha value is -5.43. The van der Waals surface area contributed by atoms with Crippen LogP contribution in [0.15, 0.2) is 69.5 Å². The average Bonchev–Trinajstić information content (AvgIpc) is 4.06. The lowest BCUT2D eigenvalue weighted by molar-refractivity contribution is -0.144. The lowest BCUT2D eigenvalue weighted by atomic mass is 9.85. The van der Waals surface area contributed by atoms with Crippen molar-refractivity contribution in [2.75, 3.05) is 19.6 Å². The number of allylic oxidation sites excluding steroid dienone is 2. The summed E-state index contributed by atoms with van der Waals surface area (Å²) in [5.41, 5.74) is 7.01. The fraction of sp³-hybridized carbons (Fsp3) is 0.490. The molecule has 7 rings (SSSR count). The highest BCUT2D eigenvalue weighted by atomic mass is 35.5. The van der Waals surface area contributed by atoms with Crippen molar-refractivity contribution in [2.45, 2.75) is 123 Å². The van der Waals surface area contributed by atoms with E-state index in [1.165, 1.54) is 15.4 Å². The zero-order chi connectivity index (χ0) is 48.9. The zero-order valence-electron chi connectivity index (χ0n) is 39.6. The van der Waals surface area contributed by atoms with Crippen LogP contribution in [0.25, 0.3) is 10.4 Å². The summed E-state index contributed by atoms with van der Waals surface area (Å²) in [5.74, 6) is -0.306. The first-order valence-electron chi connectivity index (χ1n) is 23.1. The van der Waals surface area contributed by atoms with Crippen molar-refractivity contribution in [2.24, 2.45) is 16.3 Å². The van der Waals surface area contributed by atoms with Crippen LogP contribution in [0.4, 0.5) is 0 Å². The molecule has 2 unspecified atom stereocenters. The molecule has 1 saturated heterocycles. The van der Waals surface area contributed by atoms with Gasteiger partial charge in [-0.1, -0.05) is 74.3 Å². The van der Waals surface area contributed by atoms with E-state index in [0.29, 0.717) is 30.4 Å². The summed E-state index contributed by atoms with van der Waals surface area (Å²) in [4.78, 5) is 80.0. The van der Waals surface area contributed by atoms with Crippen LogP contribution in [-0.4, -0.2) is 103 Å². The molecule has 2 aromatic heterocycles. The van der Waals surface area contributed by atoms with Crippen molar-refractivity contribution in [1.29, 1.82) is 0 Å². The molecule has 6 atom stereocenters. The van der Waals surface area contributed by atoms with E-state index < -0.39 is 41.5 Å². The smallest absolute Gasteiger partial charge is 0.246 e. The fourth-order valence-electron chi connectivity index (χ4n) is 8.87. The number of carbonyl (C=O) groups is 5. The lowest BCUT2D eigenvalue weighted by Crippen LogP contribution is -2.57. The van der Waals surface area contributed by atoms with Crippen molar-refractivity contribution in [3.63, 3.8) is 0 Å². The van der Waals surface area contributed by atoms with E-state index in [1.54, 1.807) is 28.6 Å². The lowest BCUT2D eigenvalue weighted by Gasteiger charge is -2.35. The van der Waals surface area contributed by atoms with Crippen LogP contribution >= 0.6 is 34.7 Å². The van der Waals surface area contributed by atoms with Gasteiger partial charge in [-0.15, -0.1) is 33.3 Å². The van der Waals surface area contributed by atoms with Crippen LogP contribution in [0, 0.1) is 25.2 Å². The molecule has 19 heteroatoms. The molecule has 5 N–H and O–H groups in total. The topological polar surface area (TPSA) is 213 Å². The molecule has 3 aliphatic heterocycles. The highest BCUT2D eigenvalue weighted by Crippen LogP contribution is 2.53. The van der Waals surface area contributed by atoms with Crippen LogP contribution in [0.1, 0.15) is 113 Å². The Kier molecular flexibility index (Phi) is 16.2. The first kappa shape index (κ1) is 50.4. The van der Waals surface area contributed by atoms with Crippen molar-refractivity contribution in [3.8, 4) is 10.4 Å².